The highest BCUT2D eigenvalue weighted by Crippen LogP contribution is 2.33. The molecule has 0 radical (unpaired) electrons. The average molecular weight is 603 g/mol. The van der Waals surface area contributed by atoms with E-state index in [1.165, 1.54) is 53.7 Å². The van der Waals surface area contributed by atoms with Crippen molar-refractivity contribution in [1.29, 1.82) is 0 Å². The van der Waals surface area contributed by atoms with E-state index < -0.39 is 8.07 Å². The highest BCUT2D eigenvalue weighted by molar-refractivity contribution is 7.20. The van der Waals surface area contributed by atoms with Crippen LogP contribution in [0.4, 0.5) is 5.69 Å². The van der Waals surface area contributed by atoms with Gasteiger partial charge >= 0.3 is 0 Å². The lowest BCUT2D eigenvalue weighted by atomic mass is 10.1. The molecule has 0 aliphatic heterocycles. The van der Waals surface area contributed by atoms with Gasteiger partial charge in [0.15, 0.2) is 13.8 Å². The molecule has 3 heteroatoms. The molecule has 0 bridgehead atoms. The van der Waals surface area contributed by atoms with Gasteiger partial charge in [-0.3, -0.25) is 0 Å². The lowest BCUT2D eigenvalue weighted by molar-refractivity contribution is 1.18. The summed E-state index contributed by atoms with van der Waals surface area (Å²) in [4.78, 5) is 3.84. The van der Waals surface area contributed by atoms with E-state index in [4.69, 9.17) is 6.57 Å². The van der Waals surface area contributed by atoms with Crippen molar-refractivity contribution in [3.05, 3.63) is 193 Å². The molecule has 0 unspecified atom stereocenters. The van der Waals surface area contributed by atoms with Gasteiger partial charge in [0.25, 0.3) is 0 Å². The van der Waals surface area contributed by atoms with Gasteiger partial charge in [-0.05, 0) is 51.0 Å². The molecule has 0 N–H and O–H groups in total. The molecule has 0 saturated heterocycles. The van der Waals surface area contributed by atoms with Crippen LogP contribution in [0.5, 0.6) is 0 Å². The van der Waals surface area contributed by atoms with Gasteiger partial charge in [-0.15, -0.1) is 0 Å². The minimum Gasteiger partial charge on any atom is -0.309 e. The molecule has 1 heterocycles. The third kappa shape index (κ3) is 4.47. The predicted octanol–water partition coefficient (Wildman–Crippen LogP) is 8.38. The fourth-order valence-electron chi connectivity index (χ4n) is 7.14. The number of hydrogen-bond acceptors (Lipinski definition) is 0. The van der Waals surface area contributed by atoms with Gasteiger partial charge in [0.05, 0.1) is 17.6 Å². The van der Waals surface area contributed by atoms with Crippen LogP contribution < -0.4 is 20.7 Å². The summed E-state index contributed by atoms with van der Waals surface area (Å²) in [5.74, 6) is 0. The predicted molar refractivity (Wildman–Crippen MR) is 196 cm³/mol. The molecule has 0 spiro atoms. The van der Waals surface area contributed by atoms with Crippen molar-refractivity contribution in [2.75, 3.05) is 0 Å². The molecule has 0 fully saturated rings. The van der Waals surface area contributed by atoms with Crippen LogP contribution in [0.2, 0.25) is 0 Å². The topological polar surface area (TPSA) is 9.29 Å². The maximum Gasteiger partial charge on any atom is 0.187 e. The molecule has 0 amide bonds. The first-order chi connectivity index (χ1) is 22.8. The van der Waals surface area contributed by atoms with Crippen LogP contribution in [0.1, 0.15) is 0 Å². The first-order valence-electron chi connectivity index (χ1n) is 15.6. The Hall–Kier alpha value is -5.95. The van der Waals surface area contributed by atoms with Gasteiger partial charge in [-0.2, -0.15) is 0 Å². The van der Waals surface area contributed by atoms with Crippen LogP contribution >= 0.6 is 0 Å². The molecular weight excluding hydrogens is 573 g/mol. The van der Waals surface area contributed by atoms with Gasteiger partial charge in [-0.25, -0.2) is 4.85 Å². The van der Waals surface area contributed by atoms with Crippen molar-refractivity contribution in [2.45, 2.75) is 0 Å². The Morgan fingerprint density at radius 2 is 0.891 bits per heavy atom. The third-order valence-corrected chi connectivity index (χ3v) is 13.9. The largest absolute Gasteiger partial charge is 0.309 e. The fourth-order valence-corrected chi connectivity index (χ4v) is 12.0. The average Bonchev–Trinajstić information content (AvgIpc) is 3.48. The molecule has 1 aromatic heterocycles. The molecule has 0 saturated carbocycles. The second-order valence-corrected chi connectivity index (χ2v) is 15.5. The Labute approximate surface area is 270 Å². The zero-order valence-electron chi connectivity index (χ0n) is 25.2. The van der Waals surface area contributed by atoms with Gasteiger partial charge in [-0.1, -0.05) is 163 Å². The molecule has 8 aromatic rings. The lowest BCUT2D eigenvalue weighted by Crippen LogP contribution is -2.74. The summed E-state index contributed by atoms with van der Waals surface area (Å²) in [5, 5.41) is 7.59. The molecule has 46 heavy (non-hydrogen) atoms. The van der Waals surface area contributed by atoms with E-state index in [1.807, 2.05) is 12.1 Å². The fraction of sp³-hybridized carbons (Fsp3) is 0. The van der Waals surface area contributed by atoms with Crippen molar-refractivity contribution in [3.8, 4) is 16.8 Å². The van der Waals surface area contributed by atoms with E-state index in [0.29, 0.717) is 5.69 Å². The summed E-state index contributed by atoms with van der Waals surface area (Å²) in [5.41, 5.74) is 6.55. The number of nitrogens with zero attached hydrogens (tertiary/aromatic N) is 2. The van der Waals surface area contributed by atoms with Gasteiger partial charge < -0.3 is 4.57 Å². The summed E-state index contributed by atoms with van der Waals surface area (Å²) in [6.07, 6.45) is 0. The molecule has 2 nitrogen and oxygen atoms in total. The Kier molecular flexibility index (Phi) is 6.91. The first kappa shape index (κ1) is 27.6. The van der Waals surface area contributed by atoms with E-state index in [-0.39, 0.29) is 0 Å². The monoisotopic (exact) mass is 602 g/mol. The zero-order valence-corrected chi connectivity index (χ0v) is 26.2. The summed E-state index contributed by atoms with van der Waals surface area (Å²) in [7, 11) is -2.80. The van der Waals surface area contributed by atoms with Crippen LogP contribution in [0.25, 0.3) is 43.5 Å². The molecular formula is C43H30N2Si. The second-order valence-electron chi connectivity index (χ2n) is 11.6. The zero-order chi connectivity index (χ0) is 30.9. The van der Waals surface area contributed by atoms with Crippen LogP contribution in [-0.4, -0.2) is 12.6 Å². The van der Waals surface area contributed by atoms with Crippen LogP contribution in [-0.2, 0) is 0 Å². The summed E-state index contributed by atoms with van der Waals surface area (Å²) >= 11 is 0. The molecule has 0 aliphatic rings. The molecule has 7 aromatic carbocycles. The highest BCUT2D eigenvalue weighted by Gasteiger charge is 2.41. The number of hydrogen-bond donors (Lipinski definition) is 0. The standard InChI is InChI=1S/C43H30N2Si/c1-44-34-17-14-24-39(31-34)46(36-19-4-2-5-20-36,37-21-6-3-7-22-37)38-23-13-16-33(30-38)32-15-12-18-35(29-32)45-42-27-10-8-25-40(42)41-26-9-11-28-43(41)45/h2-31H. The van der Waals surface area contributed by atoms with Crippen molar-refractivity contribution in [1.82, 2.24) is 4.57 Å². The molecule has 216 valence electrons. The van der Waals surface area contributed by atoms with E-state index >= 15 is 0 Å². The van der Waals surface area contributed by atoms with Crippen LogP contribution in [0.15, 0.2) is 182 Å². The normalized spacial score (nSPS) is 11.5. The molecule has 0 atom stereocenters. The van der Waals surface area contributed by atoms with Gasteiger partial charge in [0.2, 0.25) is 0 Å². The van der Waals surface area contributed by atoms with Crippen molar-refractivity contribution >= 4 is 56.3 Å². The van der Waals surface area contributed by atoms with E-state index in [9.17, 15) is 0 Å². The highest BCUT2D eigenvalue weighted by atomic mass is 28.3. The Morgan fingerprint density at radius 3 is 1.50 bits per heavy atom. The quantitative estimate of drug-likeness (QED) is 0.103. The smallest absolute Gasteiger partial charge is 0.187 e. The summed E-state index contributed by atoms with van der Waals surface area (Å²) < 4.78 is 2.38. The maximum atomic E-state index is 7.82. The van der Waals surface area contributed by atoms with Crippen molar-refractivity contribution < 1.29 is 0 Å². The Morgan fingerprint density at radius 1 is 0.413 bits per heavy atom. The van der Waals surface area contributed by atoms with Gasteiger partial charge in [0.1, 0.15) is 0 Å². The van der Waals surface area contributed by atoms with E-state index in [2.05, 4.69) is 179 Å². The SMILES string of the molecule is [C-]#[N+]c1cccc([Si](c2ccccc2)(c2ccccc2)c2cccc(-c3cccc(-n4c5ccccc5c5ccccc54)c3)c2)c1. The number of aromatic nitrogens is 1. The number of benzene rings is 7. The van der Waals surface area contributed by atoms with Crippen molar-refractivity contribution in [3.63, 3.8) is 0 Å². The number of para-hydroxylation sites is 2. The third-order valence-electron chi connectivity index (χ3n) is 9.14. The Bertz CT molecular complexity index is 2290. The maximum absolute atomic E-state index is 7.82. The summed E-state index contributed by atoms with van der Waals surface area (Å²) in [6, 6.07) is 65.3. The lowest BCUT2D eigenvalue weighted by Gasteiger charge is -2.35. The molecule has 8 rings (SSSR count). The first-order valence-corrected chi connectivity index (χ1v) is 17.6. The van der Waals surface area contributed by atoms with E-state index in [0.717, 1.165) is 5.69 Å². The van der Waals surface area contributed by atoms with E-state index in [1.54, 1.807) is 0 Å². The van der Waals surface area contributed by atoms with Gasteiger partial charge in [0, 0.05) is 16.5 Å². The second kappa shape index (κ2) is 11.5. The summed E-state index contributed by atoms with van der Waals surface area (Å²) in [6.45, 7) is 7.82. The minimum atomic E-state index is -2.80. The van der Waals surface area contributed by atoms with Crippen LogP contribution in [0, 0.1) is 6.57 Å². The number of rotatable bonds is 6. The van der Waals surface area contributed by atoms with Crippen molar-refractivity contribution in [2.24, 2.45) is 0 Å². The number of fused-ring (bicyclic) bond motifs is 3. The minimum absolute atomic E-state index is 0.663. The molecule has 0 aliphatic carbocycles. The Balaban J connectivity index is 1.36. The van der Waals surface area contributed by atoms with Crippen LogP contribution in [0.3, 0.4) is 0 Å².